The molecule has 0 atom stereocenters. The number of halogens is 3. The molecular weight excluding hydrogens is 421 g/mol. The number of fused-ring (bicyclic) bond motifs is 1. The number of amides is 1. The Bertz CT molecular complexity index is 1030. The normalized spacial score (nSPS) is 17.6. The van der Waals surface area contributed by atoms with Gasteiger partial charge in [0, 0.05) is 24.7 Å². The lowest BCUT2D eigenvalue weighted by molar-refractivity contribution is -0.189. The Morgan fingerprint density at radius 2 is 1.78 bits per heavy atom. The molecule has 0 aromatic heterocycles. The molecule has 32 heavy (non-hydrogen) atoms. The molecule has 0 radical (unpaired) electrons. The average Bonchev–Trinajstić information content (AvgIpc) is 2.78. The Morgan fingerprint density at radius 3 is 2.47 bits per heavy atom. The minimum Gasteiger partial charge on any atom is -0.418 e. The number of ether oxygens (including phenoxy) is 1. The van der Waals surface area contributed by atoms with Gasteiger partial charge in [0.25, 0.3) is 5.91 Å². The van der Waals surface area contributed by atoms with Crippen molar-refractivity contribution in [2.75, 3.05) is 6.54 Å². The first-order chi connectivity index (χ1) is 15.2. The van der Waals surface area contributed by atoms with Gasteiger partial charge in [-0.3, -0.25) is 9.69 Å². The Morgan fingerprint density at radius 1 is 1.03 bits per heavy atom. The van der Waals surface area contributed by atoms with Crippen molar-refractivity contribution in [3.05, 3.63) is 53.1 Å². The molecule has 1 saturated carbocycles. The standard InChI is InChI=1S/C24H25F3N2O3/c25-24(26,27)23(31)32-21-19(7-4-8-20(21)22(28)30)16-9-10-17-14-29(12-11-15(17)13-16)18-5-2-1-3-6-18/h4,7-10,13,18H,1-3,5-6,11-12,14H2,(H2,28,30). The number of para-hydroxylation sites is 1. The zero-order valence-electron chi connectivity index (χ0n) is 17.6. The minimum atomic E-state index is -5.19. The van der Waals surface area contributed by atoms with E-state index in [9.17, 15) is 22.8 Å². The molecule has 4 rings (SSSR count). The fraction of sp³-hybridized carbons (Fsp3) is 0.417. The number of alkyl halides is 3. The molecule has 0 bridgehead atoms. The predicted octanol–water partition coefficient (Wildman–Crippen LogP) is 4.61. The number of benzene rings is 2. The van der Waals surface area contributed by atoms with Crippen LogP contribution in [0.2, 0.25) is 0 Å². The molecule has 2 aromatic carbocycles. The largest absolute Gasteiger partial charge is 0.491 e. The summed E-state index contributed by atoms with van der Waals surface area (Å²) in [6.07, 6.45) is 1.91. The molecule has 1 amide bonds. The third-order valence-corrected chi connectivity index (χ3v) is 6.36. The molecule has 1 fully saturated rings. The molecule has 2 N–H and O–H groups in total. The average molecular weight is 446 g/mol. The lowest BCUT2D eigenvalue weighted by Gasteiger charge is -2.37. The van der Waals surface area contributed by atoms with Gasteiger partial charge in [0.05, 0.1) is 5.56 Å². The second-order valence-electron chi connectivity index (χ2n) is 8.43. The summed E-state index contributed by atoms with van der Waals surface area (Å²) < 4.78 is 43.1. The van der Waals surface area contributed by atoms with Gasteiger partial charge < -0.3 is 10.5 Å². The molecule has 0 spiro atoms. The summed E-state index contributed by atoms with van der Waals surface area (Å²) in [5.74, 6) is -3.84. The van der Waals surface area contributed by atoms with E-state index in [2.05, 4.69) is 9.64 Å². The number of hydrogen-bond acceptors (Lipinski definition) is 4. The van der Waals surface area contributed by atoms with Crippen LogP contribution in [0.3, 0.4) is 0 Å². The summed E-state index contributed by atoms with van der Waals surface area (Å²) >= 11 is 0. The van der Waals surface area contributed by atoms with E-state index in [-0.39, 0.29) is 11.1 Å². The van der Waals surface area contributed by atoms with Gasteiger partial charge in [-0.25, -0.2) is 4.79 Å². The first kappa shape index (κ1) is 22.3. The van der Waals surface area contributed by atoms with E-state index in [0.29, 0.717) is 11.6 Å². The quantitative estimate of drug-likeness (QED) is 0.550. The first-order valence-corrected chi connectivity index (χ1v) is 10.8. The van der Waals surface area contributed by atoms with Crippen LogP contribution in [0.15, 0.2) is 36.4 Å². The van der Waals surface area contributed by atoms with Crippen molar-refractivity contribution in [1.29, 1.82) is 0 Å². The van der Waals surface area contributed by atoms with Crippen molar-refractivity contribution in [1.82, 2.24) is 4.90 Å². The molecule has 1 aliphatic carbocycles. The molecular formula is C24H25F3N2O3. The molecule has 8 heteroatoms. The van der Waals surface area contributed by atoms with Crippen LogP contribution in [0.25, 0.3) is 11.1 Å². The Hall–Kier alpha value is -2.87. The summed E-state index contributed by atoms with van der Waals surface area (Å²) in [6, 6.07) is 10.5. The van der Waals surface area contributed by atoms with E-state index in [0.717, 1.165) is 25.1 Å². The second kappa shape index (κ2) is 8.94. The summed E-state index contributed by atoms with van der Waals surface area (Å²) in [4.78, 5) is 25.8. The van der Waals surface area contributed by atoms with Gasteiger partial charge in [-0.2, -0.15) is 13.2 Å². The van der Waals surface area contributed by atoms with Gasteiger partial charge in [-0.05, 0) is 42.0 Å². The van der Waals surface area contributed by atoms with E-state index < -0.39 is 23.8 Å². The molecule has 0 saturated heterocycles. The van der Waals surface area contributed by atoms with Crippen LogP contribution in [-0.2, 0) is 17.8 Å². The van der Waals surface area contributed by atoms with Crippen LogP contribution in [-0.4, -0.2) is 35.5 Å². The highest BCUT2D eigenvalue weighted by Crippen LogP contribution is 2.37. The van der Waals surface area contributed by atoms with Gasteiger partial charge in [-0.15, -0.1) is 0 Å². The number of rotatable bonds is 4. The van der Waals surface area contributed by atoms with Crippen molar-refractivity contribution in [3.63, 3.8) is 0 Å². The highest BCUT2D eigenvalue weighted by Gasteiger charge is 2.42. The minimum absolute atomic E-state index is 0.219. The summed E-state index contributed by atoms with van der Waals surface area (Å²) in [6.45, 7) is 1.77. The van der Waals surface area contributed by atoms with Crippen LogP contribution < -0.4 is 10.5 Å². The topological polar surface area (TPSA) is 72.6 Å². The van der Waals surface area contributed by atoms with Crippen LogP contribution in [0.5, 0.6) is 5.75 Å². The number of nitrogens with zero attached hydrogens (tertiary/aromatic N) is 1. The zero-order valence-corrected chi connectivity index (χ0v) is 17.6. The second-order valence-corrected chi connectivity index (χ2v) is 8.43. The van der Waals surface area contributed by atoms with E-state index >= 15 is 0 Å². The lowest BCUT2D eigenvalue weighted by Crippen LogP contribution is -2.40. The van der Waals surface area contributed by atoms with E-state index in [1.165, 1.54) is 55.9 Å². The van der Waals surface area contributed by atoms with Crippen LogP contribution in [0, 0.1) is 0 Å². The van der Waals surface area contributed by atoms with Gasteiger partial charge >= 0.3 is 12.1 Å². The number of hydrogen-bond donors (Lipinski definition) is 1. The van der Waals surface area contributed by atoms with Crippen molar-refractivity contribution >= 4 is 11.9 Å². The molecule has 0 unspecified atom stereocenters. The molecule has 170 valence electrons. The number of esters is 1. The first-order valence-electron chi connectivity index (χ1n) is 10.8. The van der Waals surface area contributed by atoms with Crippen molar-refractivity contribution in [2.24, 2.45) is 5.73 Å². The van der Waals surface area contributed by atoms with E-state index in [1.807, 2.05) is 12.1 Å². The highest BCUT2D eigenvalue weighted by atomic mass is 19.4. The maximum atomic E-state index is 12.8. The van der Waals surface area contributed by atoms with Crippen molar-refractivity contribution in [2.45, 2.75) is 57.3 Å². The predicted molar refractivity (Wildman–Crippen MR) is 113 cm³/mol. The van der Waals surface area contributed by atoms with Gasteiger partial charge in [-0.1, -0.05) is 49.6 Å². The monoisotopic (exact) mass is 446 g/mol. The Kier molecular flexibility index (Phi) is 6.24. The van der Waals surface area contributed by atoms with Gasteiger partial charge in [0.15, 0.2) is 5.75 Å². The SMILES string of the molecule is NC(=O)c1cccc(-c2ccc3c(c2)CCN(C2CCCCC2)C3)c1OC(=O)C(F)(F)F. The third kappa shape index (κ3) is 4.65. The third-order valence-electron chi connectivity index (χ3n) is 6.36. The number of carbonyl (C=O) groups is 2. The zero-order chi connectivity index (χ0) is 22.9. The fourth-order valence-electron chi connectivity index (χ4n) is 4.72. The van der Waals surface area contributed by atoms with Crippen LogP contribution in [0.4, 0.5) is 13.2 Å². The van der Waals surface area contributed by atoms with Crippen molar-refractivity contribution in [3.8, 4) is 16.9 Å². The molecule has 1 heterocycles. The van der Waals surface area contributed by atoms with E-state index in [1.54, 1.807) is 6.07 Å². The summed E-state index contributed by atoms with van der Waals surface area (Å²) in [5.41, 5.74) is 8.13. The van der Waals surface area contributed by atoms with Crippen LogP contribution >= 0.6 is 0 Å². The van der Waals surface area contributed by atoms with Crippen molar-refractivity contribution < 1.29 is 27.5 Å². The number of primary amides is 1. The van der Waals surface area contributed by atoms with Gasteiger partial charge in [0.2, 0.25) is 0 Å². The number of carbonyl (C=O) groups excluding carboxylic acids is 2. The summed E-state index contributed by atoms with van der Waals surface area (Å²) in [5, 5.41) is 0. The smallest absolute Gasteiger partial charge is 0.418 e. The Balaban J connectivity index is 1.65. The molecule has 1 aliphatic heterocycles. The van der Waals surface area contributed by atoms with Gasteiger partial charge in [0.1, 0.15) is 0 Å². The Labute approximate surface area is 184 Å². The molecule has 5 nitrogen and oxygen atoms in total. The fourth-order valence-corrected chi connectivity index (χ4v) is 4.72. The van der Waals surface area contributed by atoms with Crippen LogP contribution in [0.1, 0.15) is 53.6 Å². The maximum Gasteiger partial charge on any atom is 0.491 e. The van der Waals surface area contributed by atoms with E-state index in [4.69, 9.17) is 5.73 Å². The molecule has 2 aliphatic rings. The molecule has 2 aromatic rings. The highest BCUT2D eigenvalue weighted by molar-refractivity contribution is 5.99. The number of nitrogens with two attached hydrogens (primary N) is 1. The summed E-state index contributed by atoms with van der Waals surface area (Å²) in [7, 11) is 0. The maximum absolute atomic E-state index is 12.8. The lowest BCUT2D eigenvalue weighted by atomic mass is 9.89.